The predicted molar refractivity (Wildman–Crippen MR) is 56.1 cm³/mol. The molecule has 2 heterocycles. The summed E-state index contributed by atoms with van der Waals surface area (Å²) in [4.78, 5) is 36.0. The van der Waals surface area contributed by atoms with Gasteiger partial charge in [-0.1, -0.05) is 0 Å². The second kappa shape index (κ2) is 4.12. The molecule has 0 amide bonds. The summed E-state index contributed by atoms with van der Waals surface area (Å²) < 4.78 is 5.75. The Morgan fingerprint density at radius 1 is 1.47 bits per heavy atom. The van der Waals surface area contributed by atoms with Gasteiger partial charge in [-0.2, -0.15) is 0 Å². The number of aromatic amines is 1. The van der Waals surface area contributed by atoms with Crippen LogP contribution in [-0.2, 0) is 6.54 Å². The van der Waals surface area contributed by atoms with E-state index in [0.29, 0.717) is 5.76 Å². The number of H-pyrrole nitrogens is 1. The molecule has 2 rings (SSSR count). The number of furan rings is 1. The summed E-state index contributed by atoms with van der Waals surface area (Å²) >= 11 is 0. The van der Waals surface area contributed by atoms with Gasteiger partial charge in [-0.15, -0.1) is 0 Å². The van der Waals surface area contributed by atoms with Gasteiger partial charge in [0.15, 0.2) is 0 Å². The number of carbonyl (C=O) groups is 1. The molecule has 0 fully saturated rings. The fourth-order valence-corrected chi connectivity index (χ4v) is 1.37. The van der Waals surface area contributed by atoms with Crippen LogP contribution in [0, 0.1) is 0 Å². The van der Waals surface area contributed by atoms with Gasteiger partial charge in [-0.05, 0) is 12.1 Å². The molecule has 0 radical (unpaired) electrons. The van der Waals surface area contributed by atoms with Crippen LogP contribution in [0.1, 0.15) is 16.1 Å². The van der Waals surface area contributed by atoms with E-state index in [0.717, 1.165) is 10.8 Å². The summed E-state index contributed by atoms with van der Waals surface area (Å²) in [6.07, 6.45) is 2.28. The highest BCUT2D eigenvalue weighted by Crippen LogP contribution is 2.00. The van der Waals surface area contributed by atoms with E-state index in [1.165, 1.54) is 6.26 Å². The van der Waals surface area contributed by atoms with Crippen molar-refractivity contribution in [2.75, 3.05) is 0 Å². The van der Waals surface area contributed by atoms with Crippen molar-refractivity contribution in [2.45, 2.75) is 6.54 Å². The first kappa shape index (κ1) is 10.9. The first-order valence-electron chi connectivity index (χ1n) is 4.68. The SMILES string of the molecule is O=C(O)c1c[nH]c(=O)n(Cc2ccco2)c1=O. The Morgan fingerprint density at radius 3 is 2.82 bits per heavy atom. The minimum Gasteiger partial charge on any atom is -0.477 e. The molecule has 0 aliphatic rings. The minimum atomic E-state index is -1.39. The van der Waals surface area contributed by atoms with Crippen LogP contribution >= 0.6 is 0 Å². The summed E-state index contributed by atoms with van der Waals surface area (Å²) in [7, 11) is 0. The third-order valence-electron chi connectivity index (χ3n) is 2.19. The van der Waals surface area contributed by atoms with Gasteiger partial charge in [0.2, 0.25) is 0 Å². The number of aromatic nitrogens is 2. The van der Waals surface area contributed by atoms with E-state index in [4.69, 9.17) is 9.52 Å². The molecule has 0 aliphatic carbocycles. The summed E-state index contributed by atoms with van der Waals surface area (Å²) in [5.74, 6) is -1.00. The normalized spacial score (nSPS) is 10.4. The molecule has 7 heteroatoms. The Bertz CT molecular complexity index is 650. The van der Waals surface area contributed by atoms with E-state index in [9.17, 15) is 14.4 Å². The molecule has 17 heavy (non-hydrogen) atoms. The second-order valence-corrected chi connectivity index (χ2v) is 3.28. The number of hydrogen-bond donors (Lipinski definition) is 2. The Kier molecular flexibility index (Phi) is 2.65. The lowest BCUT2D eigenvalue weighted by Gasteiger charge is -2.02. The maximum atomic E-state index is 11.7. The number of hydrogen-bond acceptors (Lipinski definition) is 4. The van der Waals surface area contributed by atoms with E-state index < -0.39 is 22.8 Å². The summed E-state index contributed by atoms with van der Waals surface area (Å²) in [6, 6.07) is 3.19. The highest BCUT2D eigenvalue weighted by Gasteiger charge is 2.13. The van der Waals surface area contributed by atoms with Crippen LogP contribution in [0.25, 0.3) is 0 Å². The van der Waals surface area contributed by atoms with Gasteiger partial charge in [0.25, 0.3) is 5.56 Å². The van der Waals surface area contributed by atoms with Gasteiger partial charge in [0.1, 0.15) is 11.3 Å². The third kappa shape index (κ3) is 2.03. The molecule has 0 aromatic carbocycles. The lowest BCUT2D eigenvalue weighted by atomic mass is 10.3. The van der Waals surface area contributed by atoms with Crippen molar-refractivity contribution in [1.82, 2.24) is 9.55 Å². The van der Waals surface area contributed by atoms with Gasteiger partial charge >= 0.3 is 11.7 Å². The highest BCUT2D eigenvalue weighted by molar-refractivity contribution is 5.86. The molecule has 0 spiro atoms. The molecule has 2 aromatic rings. The van der Waals surface area contributed by atoms with Crippen LogP contribution in [0.3, 0.4) is 0 Å². The van der Waals surface area contributed by atoms with Crippen molar-refractivity contribution >= 4 is 5.97 Å². The van der Waals surface area contributed by atoms with Crippen molar-refractivity contribution in [3.63, 3.8) is 0 Å². The largest absolute Gasteiger partial charge is 0.477 e. The molecule has 88 valence electrons. The number of carboxylic acid groups (broad SMARTS) is 1. The van der Waals surface area contributed by atoms with Crippen LogP contribution in [0.15, 0.2) is 38.6 Å². The van der Waals surface area contributed by atoms with Gasteiger partial charge in [-0.25, -0.2) is 9.59 Å². The molecular formula is C10H8N2O5. The van der Waals surface area contributed by atoms with Crippen molar-refractivity contribution in [3.05, 3.63) is 56.8 Å². The molecule has 0 unspecified atom stereocenters. The fourth-order valence-electron chi connectivity index (χ4n) is 1.37. The van der Waals surface area contributed by atoms with Crippen molar-refractivity contribution in [2.24, 2.45) is 0 Å². The topological polar surface area (TPSA) is 105 Å². The zero-order valence-corrected chi connectivity index (χ0v) is 8.54. The number of carboxylic acids is 1. The van der Waals surface area contributed by atoms with Crippen LogP contribution in [0.5, 0.6) is 0 Å². The maximum Gasteiger partial charge on any atom is 0.342 e. The second-order valence-electron chi connectivity index (χ2n) is 3.28. The molecule has 7 nitrogen and oxygen atoms in total. The lowest BCUT2D eigenvalue weighted by molar-refractivity contribution is 0.0693. The smallest absolute Gasteiger partial charge is 0.342 e. The quantitative estimate of drug-likeness (QED) is 0.772. The Hall–Kier alpha value is -2.57. The average Bonchev–Trinajstić information content (AvgIpc) is 2.76. The van der Waals surface area contributed by atoms with E-state index in [2.05, 4.69) is 4.98 Å². The van der Waals surface area contributed by atoms with Gasteiger partial charge < -0.3 is 14.5 Å². The lowest BCUT2D eigenvalue weighted by Crippen LogP contribution is -2.38. The molecular weight excluding hydrogens is 228 g/mol. The monoisotopic (exact) mass is 236 g/mol. The predicted octanol–water partition coefficient (Wildman–Crippen LogP) is -0.124. The average molecular weight is 236 g/mol. The zero-order valence-electron chi connectivity index (χ0n) is 8.54. The number of aromatic carboxylic acids is 1. The number of nitrogens with one attached hydrogen (secondary N) is 1. The van der Waals surface area contributed by atoms with Crippen LogP contribution in [0.4, 0.5) is 0 Å². The zero-order chi connectivity index (χ0) is 12.4. The van der Waals surface area contributed by atoms with E-state index in [1.54, 1.807) is 12.1 Å². The molecule has 0 saturated carbocycles. The van der Waals surface area contributed by atoms with E-state index >= 15 is 0 Å². The number of rotatable bonds is 3. The van der Waals surface area contributed by atoms with Crippen LogP contribution < -0.4 is 11.2 Å². The van der Waals surface area contributed by atoms with E-state index in [-0.39, 0.29) is 6.54 Å². The molecule has 0 atom stereocenters. The van der Waals surface area contributed by atoms with Crippen molar-refractivity contribution in [3.8, 4) is 0 Å². The standard InChI is InChI=1S/C10H8N2O5/c13-8-7(9(14)15)4-11-10(16)12(8)5-6-2-1-3-17-6/h1-4H,5H2,(H,11,16)(H,14,15). The fraction of sp³-hybridized carbons (Fsp3) is 0.100. The summed E-state index contributed by atoms with van der Waals surface area (Å²) in [5.41, 5.74) is -2.04. The Morgan fingerprint density at radius 2 is 2.24 bits per heavy atom. The van der Waals surface area contributed by atoms with Crippen LogP contribution in [-0.4, -0.2) is 20.6 Å². The molecule has 0 bridgehead atoms. The van der Waals surface area contributed by atoms with Crippen molar-refractivity contribution < 1.29 is 14.3 Å². The Balaban J connectivity index is 2.53. The molecule has 2 aromatic heterocycles. The van der Waals surface area contributed by atoms with Gasteiger partial charge in [0.05, 0.1) is 12.8 Å². The molecule has 2 N–H and O–H groups in total. The van der Waals surface area contributed by atoms with E-state index in [1.807, 2.05) is 0 Å². The molecule has 0 saturated heterocycles. The first-order valence-corrected chi connectivity index (χ1v) is 4.68. The van der Waals surface area contributed by atoms with Crippen LogP contribution in [0.2, 0.25) is 0 Å². The number of nitrogens with zero attached hydrogens (tertiary/aromatic N) is 1. The first-order chi connectivity index (χ1) is 8.09. The minimum absolute atomic E-state index is 0.109. The van der Waals surface area contributed by atoms with Crippen molar-refractivity contribution in [1.29, 1.82) is 0 Å². The third-order valence-corrected chi connectivity index (χ3v) is 2.19. The van der Waals surface area contributed by atoms with Gasteiger partial charge in [-0.3, -0.25) is 9.36 Å². The van der Waals surface area contributed by atoms with Gasteiger partial charge in [0, 0.05) is 6.20 Å². The Labute approximate surface area is 93.9 Å². The summed E-state index contributed by atoms with van der Waals surface area (Å²) in [5, 5.41) is 8.75. The maximum absolute atomic E-state index is 11.7. The molecule has 0 aliphatic heterocycles. The highest BCUT2D eigenvalue weighted by atomic mass is 16.4. The summed E-state index contributed by atoms with van der Waals surface area (Å²) in [6.45, 7) is -0.109.